The summed E-state index contributed by atoms with van der Waals surface area (Å²) < 4.78 is 41.0. The van der Waals surface area contributed by atoms with Crippen LogP contribution in [0.3, 0.4) is 0 Å². The number of sulfonamides is 1. The molecule has 2 saturated carbocycles. The zero-order valence-corrected chi connectivity index (χ0v) is 13.1. The van der Waals surface area contributed by atoms with Crippen LogP contribution in [0.25, 0.3) is 0 Å². The van der Waals surface area contributed by atoms with Crippen LogP contribution in [0, 0.1) is 17.7 Å². The molecular weight excluding hydrogens is 307 g/mol. The Morgan fingerprint density at radius 2 is 2.05 bits per heavy atom. The van der Waals surface area contributed by atoms with Gasteiger partial charge in [0.15, 0.2) is 0 Å². The quantitative estimate of drug-likeness (QED) is 0.871. The third-order valence-electron chi connectivity index (χ3n) is 4.46. The summed E-state index contributed by atoms with van der Waals surface area (Å²) in [6.07, 6.45) is 4.49. The van der Waals surface area contributed by atoms with Gasteiger partial charge in [-0.3, -0.25) is 4.79 Å². The number of benzene rings is 1. The van der Waals surface area contributed by atoms with Crippen LogP contribution in [0.15, 0.2) is 23.1 Å². The summed E-state index contributed by atoms with van der Waals surface area (Å²) in [5, 5.41) is 2.29. The Labute approximate surface area is 129 Å². The monoisotopic (exact) mass is 326 g/mol. The largest absolute Gasteiger partial charge is 0.324 e. The van der Waals surface area contributed by atoms with Crippen LogP contribution in [-0.4, -0.2) is 20.4 Å². The number of carbonyl (C=O) groups is 1. The van der Waals surface area contributed by atoms with Crippen LogP contribution in [-0.2, 0) is 14.8 Å². The molecule has 0 saturated heterocycles. The van der Waals surface area contributed by atoms with Gasteiger partial charge in [0.1, 0.15) is 5.82 Å². The number of hydrogen-bond donors (Lipinski definition) is 2. The second-order valence-electron chi connectivity index (χ2n) is 6.14. The van der Waals surface area contributed by atoms with Crippen molar-refractivity contribution < 1.29 is 17.6 Å². The van der Waals surface area contributed by atoms with Crippen LogP contribution in [0.4, 0.5) is 10.1 Å². The maximum atomic E-state index is 13.6. The summed E-state index contributed by atoms with van der Waals surface area (Å²) in [5.74, 6) is -0.0174. The molecule has 0 radical (unpaired) electrons. The lowest BCUT2D eigenvalue weighted by Crippen LogP contribution is -2.29. The molecule has 0 spiro atoms. The standard InChI is InChI=1S/C15H19FN2O3S/c1-9(19)17-15-7-11(5-6-13(15)16)22(20,21)18-14-8-12(14)10-3-2-4-10/h5-7,10,12,14,18H,2-4,8H2,1H3,(H,17,19)/t12-,14+/m0/s1. The Morgan fingerprint density at radius 3 is 2.64 bits per heavy atom. The predicted molar refractivity (Wildman–Crippen MR) is 80.3 cm³/mol. The van der Waals surface area contributed by atoms with Crippen molar-refractivity contribution in [3.05, 3.63) is 24.0 Å². The molecule has 3 rings (SSSR count). The van der Waals surface area contributed by atoms with Crippen LogP contribution < -0.4 is 10.0 Å². The lowest BCUT2D eigenvalue weighted by molar-refractivity contribution is -0.114. The Morgan fingerprint density at radius 1 is 1.32 bits per heavy atom. The van der Waals surface area contributed by atoms with Crippen molar-refractivity contribution in [3.8, 4) is 0 Å². The highest BCUT2D eigenvalue weighted by Crippen LogP contribution is 2.47. The van der Waals surface area contributed by atoms with E-state index >= 15 is 0 Å². The molecule has 2 fully saturated rings. The summed E-state index contributed by atoms with van der Waals surface area (Å²) in [6.45, 7) is 1.24. The van der Waals surface area contributed by atoms with E-state index in [4.69, 9.17) is 0 Å². The van der Waals surface area contributed by atoms with E-state index in [1.807, 2.05) is 0 Å². The van der Waals surface area contributed by atoms with Gasteiger partial charge in [-0.25, -0.2) is 17.5 Å². The second-order valence-corrected chi connectivity index (χ2v) is 7.86. The molecule has 120 valence electrons. The summed E-state index contributed by atoms with van der Waals surface area (Å²) >= 11 is 0. The molecule has 2 aliphatic rings. The van der Waals surface area contributed by atoms with Gasteiger partial charge in [-0.05, 0) is 36.5 Å². The smallest absolute Gasteiger partial charge is 0.240 e. The van der Waals surface area contributed by atoms with E-state index in [-0.39, 0.29) is 16.6 Å². The first-order valence-electron chi connectivity index (χ1n) is 7.46. The molecule has 0 heterocycles. The van der Waals surface area contributed by atoms with E-state index < -0.39 is 21.7 Å². The van der Waals surface area contributed by atoms with Crippen molar-refractivity contribution >= 4 is 21.6 Å². The molecule has 7 heteroatoms. The van der Waals surface area contributed by atoms with E-state index in [0.29, 0.717) is 11.8 Å². The Balaban J connectivity index is 1.73. The molecule has 1 aromatic rings. The Hall–Kier alpha value is -1.47. The first-order valence-corrected chi connectivity index (χ1v) is 8.94. The Kier molecular flexibility index (Phi) is 3.94. The van der Waals surface area contributed by atoms with Gasteiger partial charge in [0, 0.05) is 13.0 Å². The number of amides is 1. The molecule has 0 aliphatic heterocycles. The number of hydrogen-bond acceptors (Lipinski definition) is 3. The molecule has 2 atom stereocenters. The van der Waals surface area contributed by atoms with Gasteiger partial charge < -0.3 is 5.32 Å². The van der Waals surface area contributed by atoms with Gasteiger partial charge in [0.25, 0.3) is 0 Å². The molecule has 0 unspecified atom stereocenters. The third kappa shape index (κ3) is 3.15. The maximum Gasteiger partial charge on any atom is 0.240 e. The fourth-order valence-corrected chi connectivity index (χ4v) is 4.29. The van der Waals surface area contributed by atoms with Gasteiger partial charge in [-0.2, -0.15) is 0 Å². The van der Waals surface area contributed by atoms with Crippen LogP contribution >= 0.6 is 0 Å². The number of halogens is 1. The van der Waals surface area contributed by atoms with Crippen molar-refractivity contribution in [3.63, 3.8) is 0 Å². The zero-order valence-electron chi connectivity index (χ0n) is 12.3. The Bertz CT molecular complexity index is 701. The summed E-state index contributed by atoms with van der Waals surface area (Å²) in [4.78, 5) is 11.0. The molecule has 22 heavy (non-hydrogen) atoms. The number of nitrogens with one attached hydrogen (secondary N) is 2. The van der Waals surface area contributed by atoms with Crippen LogP contribution in [0.1, 0.15) is 32.6 Å². The summed E-state index contributed by atoms with van der Waals surface area (Å²) in [7, 11) is -3.69. The summed E-state index contributed by atoms with van der Waals surface area (Å²) in [6, 6.07) is 3.41. The molecule has 1 aromatic carbocycles. The third-order valence-corrected chi connectivity index (χ3v) is 5.95. The lowest BCUT2D eigenvalue weighted by atomic mass is 9.81. The van der Waals surface area contributed by atoms with E-state index in [9.17, 15) is 17.6 Å². The fraction of sp³-hybridized carbons (Fsp3) is 0.533. The number of rotatable bonds is 5. The normalized spacial score (nSPS) is 24.6. The van der Waals surface area contributed by atoms with Gasteiger partial charge in [0.05, 0.1) is 10.6 Å². The maximum absolute atomic E-state index is 13.6. The van der Waals surface area contributed by atoms with E-state index in [0.717, 1.165) is 18.6 Å². The van der Waals surface area contributed by atoms with Gasteiger partial charge in [-0.15, -0.1) is 0 Å². The van der Waals surface area contributed by atoms with Crippen molar-refractivity contribution in [2.75, 3.05) is 5.32 Å². The minimum atomic E-state index is -3.69. The van der Waals surface area contributed by atoms with Crippen molar-refractivity contribution in [1.29, 1.82) is 0 Å². The fourth-order valence-electron chi connectivity index (χ4n) is 2.96. The first-order chi connectivity index (χ1) is 10.4. The molecule has 5 nitrogen and oxygen atoms in total. The minimum absolute atomic E-state index is 0.00966. The molecule has 1 amide bonds. The highest BCUT2D eigenvalue weighted by Gasteiger charge is 2.46. The molecule has 2 aliphatic carbocycles. The van der Waals surface area contributed by atoms with Gasteiger partial charge >= 0.3 is 0 Å². The van der Waals surface area contributed by atoms with E-state index in [2.05, 4.69) is 10.0 Å². The highest BCUT2D eigenvalue weighted by molar-refractivity contribution is 7.89. The molecule has 0 bridgehead atoms. The van der Waals surface area contributed by atoms with Crippen LogP contribution in [0.2, 0.25) is 0 Å². The average Bonchev–Trinajstić information content (AvgIpc) is 3.07. The molecule has 2 N–H and O–H groups in total. The first kappa shape index (κ1) is 15.4. The average molecular weight is 326 g/mol. The van der Waals surface area contributed by atoms with Crippen LogP contribution in [0.5, 0.6) is 0 Å². The lowest BCUT2D eigenvalue weighted by Gasteiger charge is -2.25. The minimum Gasteiger partial charge on any atom is -0.324 e. The SMILES string of the molecule is CC(=O)Nc1cc(S(=O)(=O)N[C@@H]2C[C@H]2C2CCC2)ccc1F. The molecular formula is C15H19FN2O3S. The van der Waals surface area contributed by atoms with Crippen molar-refractivity contribution in [2.24, 2.45) is 11.8 Å². The van der Waals surface area contributed by atoms with Gasteiger partial charge in [-0.1, -0.05) is 19.3 Å². The number of anilines is 1. The highest BCUT2D eigenvalue weighted by atomic mass is 32.2. The van der Waals surface area contributed by atoms with Gasteiger partial charge in [0.2, 0.25) is 15.9 Å². The topological polar surface area (TPSA) is 75.3 Å². The predicted octanol–water partition coefficient (Wildman–Crippen LogP) is 2.25. The summed E-state index contributed by atoms with van der Waals surface area (Å²) in [5.41, 5.74) is -0.123. The van der Waals surface area contributed by atoms with Crippen molar-refractivity contribution in [2.45, 2.75) is 43.5 Å². The number of carbonyl (C=O) groups excluding carboxylic acids is 1. The van der Waals surface area contributed by atoms with E-state index in [1.165, 1.54) is 32.3 Å². The zero-order chi connectivity index (χ0) is 15.9. The van der Waals surface area contributed by atoms with Crippen molar-refractivity contribution in [1.82, 2.24) is 4.72 Å². The second kappa shape index (κ2) is 5.62. The molecule has 0 aromatic heterocycles. The van der Waals surface area contributed by atoms with E-state index in [1.54, 1.807) is 0 Å².